The van der Waals surface area contributed by atoms with Crippen LogP contribution < -0.4 is 11.1 Å². The fraction of sp³-hybridized carbons (Fsp3) is 0.450. The van der Waals surface area contributed by atoms with Crippen molar-refractivity contribution < 1.29 is 9.53 Å². The molecule has 1 aromatic rings. The van der Waals surface area contributed by atoms with Gasteiger partial charge in [-0.05, 0) is 30.5 Å². The summed E-state index contributed by atoms with van der Waals surface area (Å²) >= 11 is 0. The monoisotopic (exact) mass is 339 g/mol. The fourth-order valence-electron chi connectivity index (χ4n) is 2.67. The first-order valence-electron chi connectivity index (χ1n) is 8.80. The van der Waals surface area contributed by atoms with Crippen molar-refractivity contribution >= 4 is 11.6 Å². The Morgan fingerprint density at radius 1 is 1.40 bits per heavy atom. The molecule has 0 bridgehead atoms. The lowest BCUT2D eigenvalue weighted by Gasteiger charge is -2.32. The number of carbonyl (C=O) groups excluding carboxylic acids is 1. The number of nitrogens with two attached hydrogens (primary N) is 1. The van der Waals surface area contributed by atoms with E-state index < -0.39 is 0 Å². The van der Waals surface area contributed by atoms with E-state index in [4.69, 9.17) is 10.5 Å². The van der Waals surface area contributed by atoms with Crippen molar-refractivity contribution in [1.82, 2.24) is 10.2 Å². The molecule has 132 valence electrons. The average Bonchev–Trinajstić information content (AvgIpc) is 3.45. The van der Waals surface area contributed by atoms with E-state index in [1.165, 1.54) is 12.8 Å². The predicted octanol–water partition coefficient (Wildman–Crippen LogP) is 1.54. The number of hydrogen-bond donors (Lipinski definition) is 2. The van der Waals surface area contributed by atoms with E-state index in [1.807, 2.05) is 29.2 Å². The van der Waals surface area contributed by atoms with E-state index in [0.717, 1.165) is 11.1 Å². The van der Waals surface area contributed by atoms with Gasteiger partial charge in [0.05, 0.1) is 18.4 Å². The third kappa shape index (κ3) is 5.27. The molecule has 3 N–H and O–H groups in total. The molecule has 0 radical (unpaired) electrons. The number of hydrogen-bond acceptors (Lipinski definition) is 4. The fourth-order valence-corrected chi connectivity index (χ4v) is 2.67. The number of nitrogens with zero attached hydrogens (tertiary/aromatic N) is 1. The average molecular weight is 339 g/mol. The Labute approximate surface area is 149 Å². The van der Waals surface area contributed by atoms with E-state index in [2.05, 4.69) is 17.2 Å². The first kappa shape index (κ1) is 17.4. The Morgan fingerprint density at radius 3 is 2.84 bits per heavy atom. The molecule has 1 aliphatic heterocycles. The highest BCUT2D eigenvalue weighted by Crippen LogP contribution is 2.27. The van der Waals surface area contributed by atoms with Crippen LogP contribution in [0, 0.1) is 17.8 Å². The van der Waals surface area contributed by atoms with E-state index in [9.17, 15) is 4.79 Å². The third-order valence-corrected chi connectivity index (χ3v) is 4.40. The summed E-state index contributed by atoms with van der Waals surface area (Å²) in [7, 11) is 0. The van der Waals surface area contributed by atoms with Gasteiger partial charge in [0, 0.05) is 44.2 Å². The summed E-state index contributed by atoms with van der Waals surface area (Å²) in [4.78, 5) is 13.2. The molecule has 1 aromatic carbocycles. The zero-order chi connectivity index (χ0) is 17.6. The lowest BCUT2D eigenvalue weighted by Crippen LogP contribution is -2.47. The normalized spacial score (nSPS) is 20.6. The highest BCUT2D eigenvalue weighted by atomic mass is 16.5. The van der Waals surface area contributed by atoms with Crippen LogP contribution in [-0.4, -0.2) is 43.2 Å². The van der Waals surface area contributed by atoms with Gasteiger partial charge < -0.3 is 20.7 Å². The highest BCUT2D eigenvalue weighted by Gasteiger charge is 2.21. The van der Waals surface area contributed by atoms with Gasteiger partial charge in [-0.1, -0.05) is 24.0 Å². The highest BCUT2D eigenvalue weighted by molar-refractivity contribution is 5.73. The van der Waals surface area contributed by atoms with E-state index in [-0.39, 0.29) is 12.0 Å². The summed E-state index contributed by atoms with van der Waals surface area (Å²) in [6, 6.07) is 7.97. The second-order valence-corrected chi connectivity index (χ2v) is 6.59. The molecule has 1 saturated heterocycles. The molecule has 1 amide bonds. The quantitative estimate of drug-likeness (QED) is 0.817. The van der Waals surface area contributed by atoms with Crippen molar-refractivity contribution in [1.29, 1.82) is 0 Å². The summed E-state index contributed by atoms with van der Waals surface area (Å²) in [6.45, 7) is 4.07. The Kier molecular flexibility index (Phi) is 5.62. The second kappa shape index (κ2) is 8.09. The molecule has 1 aliphatic carbocycles. The summed E-state index contributed by atoms with van der Waals surface area (Å²) in [5, 5.41) is 3.20. The molecule has 0 aromatic heterocycles. The van der Waals surface area contributed by atoms with Crippen LogP contribution in [0.5, 0.6) is 0 Å². The van der Waals surface area contributed by atoms with Crippen molar-refractivity contribution in [2.75, 3.05) is 26.2 Å². The second-order valence-electron chi connectivity index (χ2n) is 6.59. The number of ether oxygens (including phenoxy) is 1. The zero-order valence-electron chi connectivity index (χ0n) is 14.6. The number of carbonyl (C=O) groups is 1. The Bertz CT molecular complexity index is 696. The van der Waals surface area contributed by atoms with E-state index in [1.54, 1.807) is 13.1 Å². The number of rotatable bonds is 4. The zero-order valence-corrected chi connectivity index (χ0v) is 14.6. The van der Waals surface area contributed by atoms with Gasteiger partial charge in [-0.25, -0.2) is 0 Å². The van der Waals surface area contributed by atoms with Crippen LogP contribution in [0.3, 0.4) is 0 Å². The van der Waals surface area contributed by atoms with Gasteiger partial charge in [-0.3, -0.25) is 4.79 Å². The molecule has 0 spiro atoms. The maximum Gasteiger partial charge on any atom is 0.219 e. The number of morpholine rings is 1. The number of nitrogens with one attached hydrogen (secondary N) is 1. The third-order valence-electron chi connectivity index (χ3n) is 4.40. The smallest absolute Gasteiger partial charge is 0.219 e. The Balaban J connectivity index is 1.49. The van der Waals surface area contributed by atoms with Crippen molar-refractivity contribution in [3.63, 3.8) is 0 Å². The van der Waals surface area contributed by atoms with Crippen molar-refractivity contribution in [3.8, 4) is 11.8 Å². The van der Waals surface area contributed by atoms with Gasteiger partial charge in [0.15, 0.2) is 0 Å². The summed E-state index contributed by atoms with van der Waals surface area (Å²) in [6.07, 6.45) is 4.26. The van der Waals surface area contributed by atoms with E-state index >= 15 is 0 Å². The van der Waals surface area contributed by atoms with Gasteiger partial charge >= 0.3 is 0 Å². The van der Waals surface area contributed by atoms with Crippen LogP contribution in [-0.2, 0) is 9.53 Å². The number of benzene rings is 1. The van der Waals surface area contributed by atoms with Crippen molar-refractivity contribution in [3.05, 3.63) is 41.6 Å². The van der Waals surface area contributed by atoms with E-state index in [0.29, 0.717) is 37.9 Å². The molecule has 1 atom stereocenters. The molecule has 2 aliphatic rings. The predicted molar refractivity (Wildman–Crippen MR) is 98.2 cm³/mol. The lowest BCUT2D eigenvalue weighted by molar-refractivity contribution is -0.136. The number of amides is 1. The molecule has 25 heavy (non-hydrogen) atoms. The molecule has 1 unspecified atom stereocenters. The molecule has 1 saturated carbocycles. The van der Waals surface area contributed by atoms with Crippen LogP contribution in [0.15, 0.2) is 30.5 Å². The minimum Gasteiger partial charge on any atom is -0.397 e. The molecule has 2 fully saturated rings. The molecule has 3 rings (SSSR count). The minimum atomic E-state index is -0.0122. The lowest BCUT2D eigenvalue weighted by atomic mass is 10.1. The minimum absolute atomic E-state index is 0.0122. The standard InChI is InChI=1S/C20H25N3O2/c1-15(24)23-10-11-25-19(14-23)12-22-13-20(21)18-8-6-17(7-9-18)5-4-16-2-3-16/h6-9,13,16,19,22H,2-3,10-12,14,21H2,1H3/b20-13-. The molecule has 5 heteroatoms. The van der Waals surface area contributed by atoms with Crippen LogP contribution >= 0.6 is 0 Å². The summed E-state index contributed by atoms with van der Waals surface area (Å²) < 4.78 is 5.67. The van der Waals surface area contributed by atoms with Crippen molar-refractivity contribution in [2.45, 2.75) is 25.9 Å². The molecule has 1 heterocycles. The maximum absolute atomic E-state index is 11.4. The van der Waals surface area contributed by atoms with Gasteiger partial charge in [0.2, 0.25) is 5.91 Å². The van der Waals surface area contributed by atoms with Crippen LogP contribution in [0.1, 0.15) is 30.9 Å². The van der Waals surface area contributed by atoms with Gasteiger partial charge in [-0.2, -0.15) is 0 Å². The molecular weight excluding hydrogens is 314 g/mol. The van der Waals surface area contributed by atoms with Gasteiger partial charge in [0.25, 0.3) is 0 Å². The van der Waals surface area contributed by atoms with Crippen LogP contribution in [0.4, 0.5) is 0 Å². The first-order valence-corrected chi connectivity index (χ1v) is 8.80. The van der Waals surface area contributed by atoms with Crippen LogP contribution in [0.2, 0.25) is 0 Å². The van der Waals surface area contributed by atoms with Gasteiger partial charge in [0.1, 0.15) is 0 Å². The summed E-state index contributed by atoms with van der Waals surface area (Å²) in [5.41, 5.74) is 8.78. The first-order chi connectivity index (χ1) is 12.1. The maximum atomic E-state index is 11.4. The Hall–Kier alpha value is -2.45. The molecule has 5 nitrogen and oxygen atoms in total. The summed E-state index contributed by atoms with van der Waals surface area (Å²) in [5.74, 6) is 7.15. The Morgan fingerprint density at radius 2 is 2.16 bits per heavy atom. The van der Waals surface area contributed by atoms with Crippen molar-refractivity contribution in [2.24, 2.45) is 11.7 Å². The topological polar surface area (TPSA) is 67.6 Å². The van der Waals surface area contributed by atoms with Gasteiger partial charge in [-0.15, -0.1) is 0 Å². The molecular formula is C20H25N3O2. The SMILES string of the molecule is CC(=O)N1CCOC(CN/C=C(\N)c2ccc(C#CC3CC3)cc2)C1. The van der Waals surface area contributed by atoms with Crippen LogP contribution in [0.25, 0.3) is 5.70 Å². The largest absolute Gasteiger partial charge is 0.397 e.